The number of likely N-dealkylation sites (N-methyl/N-ethyl adjacent to an activating group) is 1. The van der Waals surface area contributed by atoms with Gasteiger partial charge in [-0.25, -0.2) is 0 Å². The van der Waals surface area contributed by atoms with Crippen LogP contribution in [0.15, 0.2) is 72.8 Å². The van der Waals surface area contributed by atoms with Crippen molar-refractivity contribution < 1.29 is 19.1 Å². The second kappa shape index (κ2) is 8.14. The van der Waals surface area contributed by atoms with Crippen LogP contribution in [-0.4, -0.2) is 24.5 Å². The van der Waals surface area contributed by atoms with Crippen molar-refractivity contribution in [2.45, 2.75) is 26.1 Å². The van der Waals surface area contributed by atoms with Crippen molar-refractivity contribution in [1.82, 2.24) is 0 Å². The van der Waals surface area contributed by atoms with E-state index in [1.165, 1.54) is 11.8 Å². The highest BCUT2D eigenvalue weighted by atomic mass is 16.5. The maximum atomic E-state index is 13.1. The maximum absolute atomic E-state index is 13.1. The van der Waals surface area contributed by atoms with Crippen molar-refractivity contribution >= 4 is 23.2 Å². The molecule has 3 aromatic rings. The molecule has 0 saturated heterocycles. The van der Waals surface area contributed by atoms with E-state index in [1.807, 2.05) is 67.6 Å². The zero-order valence-electron chi connectivity index (χ0n) is 17.7. The summed E-state index contributed by atoms with van der Waals surface area (Å²) in [5.74, 6) is 0.307. The molecule has 0 aliphatic carbocycles. The quantitative estimate of drug-likeness (QED) is 0.629. The van der Waals surface area contributed by atoms with Crippen molar-refractivity contribution in [3.63, 3.8) is 0 Å². The third-order valence-electron chi connectivity index (χ3n) is 5.27. The number of fused-ring (bicyclic) bond motifs is 1. The summed E-state index contributed by atoms with van der Waals surface area (Å²) < 4.78 is 11.7. The first-order valence-corrected chi connectivity index (χ1v) is 10.0. The molecular formula is C25H24N2O4. The van der Waals surface area contributed by atoms with Crippen LogP contribution in [0.2, 0.25) is 0 Å². The zero-order valence-corrected chi connectivity index (χ0v) is 17.7. The number of carbonyl (C=O) groups is 2. The number of nitrogens with one attached hydrogen (secondary N) is 1. The van der Waals surface area contributed by atoms with Crippen LogP contribution in [0.5, 0.6) is 11.5 Å². The first kappa shape index (κ1) is 20.5. The maximum Gasteiger partial charge on any atom is 0.280 e. The molecule has 1 heterocycles. The molecular weight excluding hydrogens is 392 g/mol. The van der Waals surface area contributed by atoms with Crippen LogP contribution in [-0.2, 0) is 16.2 Å². The average Bonchev–Trinajstić information content (AvgIpc) is 2.78. The van der Waals surface area contributed by atoms with Gasteiger partial charge in [0.15, 0.2) is 0 Å². The minimum atomic E-state index is -1.67. The summed E-state index contributed by atoms with van der Waals surface area (Å²) in [5.41, 5.74) is 1.43. The minimum absolute atomic E-state index is 0.357. The molecule has 1 aliphatic heterocycles. The lowest BCUT2D eigenvalue weighted by Gasteiger charge is -2.38. The van der Waals surface area contributed by atoms with Gasteiger partial charge >= 0.3 is 0 Å². The summed E-state index contributed by atoms with van der Waals surface area (Å²) in [6.45, 7) is 3.79. The molecule has 6 heteroatoms. The predicted octanol–water partition coefficient (Wildman–Crippen LogP) is 4.33. The van der Waals surface area contributed by atoms with Gasteiger partial charge in [0, 0.05) is 12.7 Å². The van der Waals surface area contributed by atoms with Crippen molar-refractivity contribution in [3.05, 3.63) is 83.9 Å². The monoisotopic (exact) mass is 416 g/mol. The smallest absolute Gasteiger partial charge is 0.280 e. The topological polar surface area (TPSA) is 67.9 Å². The van der Waals surface area contributed by atoms with Crippen molar-refractivity contribution in [3.8, 4) is 11.5 Å². The molecule has 1 unspecified atom stereocenters. The van der Waals surface area contributed by atoms with E-state index in [1.54, 1.807) is 19.2 Å². The van der Waals surface area contributed by atoms with Crippen LogP contribution in [0, 0.1) is 6.92 Å². The summed E-state index contributed by atoms with van der Waals surface area (Å²) in [4.78, 5) is 27.6. The number of hydrogen-bond donors (Lipinski definition) is 1. The summed E-state index contributed by atoms with van der Waals surface area (Å²) in [6, 6.07) is 22.4. The third kappa shape index (κ3) is 4.10. The Kier molecular flexibility index (Phi) is 5.38. The lowest BCUT2D eigenvalue weighted by Crippen LogP contribution is -2.59. The molecule has 2 amide bonds. The largest absolute Gasteiger partial charge is 0.489 e. The molecule has 31 heavy (non-hydrogen) atoms. The molecule has 1 aliphatic rings. The number of nitrogens with zero attached hydrogens (tertiary/aromatic N) is 1. The molecule has 0 fully saturated rings. The van der Waals surface area contributed by atoms with Gasteiger partial charge in [-0.1, -0.05) is 36.4 Å². The fourth-order valence-electron chi connectivity index (χ4n) is 3.48. The molecule has 158 valence electrons. The van der Waals surface area contributed by atoms with Crippen molar-refractivity contribution in [1.29, 1.82) is 0 Å². The summed E-state index contributed by atoms with van der Waals surface area (Å²) in [5, 5.41) is 2.82. The van der Waals surface area contributed by atoms with Gasteiger partial charge in [-0.15, -0.1) is 0 Å². The Morgan fingerprint density at radius 2 is 1.84 bits per heavy atom. The second-order valence-electron chi connectivity index (χ2n) is 7.73. The van der Waals surface area contributed by atoms with Crippen molar-refractivity contribution in [2.24, 2.45) is 0 Å². The number of ether oxygens (including phenoxy) is 2. The Morgan fingerprint density at radius 3 is 2.61 bits per heavy atom. The molecule has 0 radical (unpaired) electrons. The van der Waals surface area contributed by atoms with E-state index < -0.39 is 17.4 Å². The highest BCUT2D eigenvalue weighted by molar-refractivity contribution is 6.19. The summed E-state index contributed by atoms with van der Waals surface area (Å²) >= 11 is 0. The molecule has 1 N–H and O–H groups in total. The van der Waals surface area contributed by atoms with E-state index >= 15 is 0 Å². The number of amides is 2. The second-order valence-corrected chi connectivity index (χ2v) is 7.73. The number of para-hydroxylation sites is 1. The molecule has 0 bridgehead atoms. The van der Waals surface area contributed by atoms with E-state index in [2.05, 4.69) is 5.32 Å². The predicted molar refractivity (Wildman–Crippen MR) is 119 cm³/mol. The van der Waals surface area contributed by atoms with Gasteiger partial charge in [-0.05, 0) is 61.4 Å². The number of carbonyl (C=O) groups excluding carboxylic acids is 2. The highest BCUT2D eigenvalue weighted by Crippen LogP contribution is 2.38. The first-order valence-electron chi connectivity index (χ1n) is 10.0. The Labute approximate surface area is 181 Å². The van der Waals surface area contributed by atoms with E-state index in [9.17, 15) is 9.59 Å². The standard InChI is InChI=1S/C25H24N2O4/c1-17-12-13-22-21(14-17)27(3)24(29)25(2,31-22)23(28)26-19-9-7-8-18(15-19)16-30-20-10-5-4-6-11-20/h4-15H,16H2,1-3H3,(H,26,28). The van der Waals surface area contributed by atoms with Crippen LogP contribution >= 0.6 is 0 Å². The Balaban J connectivity index is 1.50. The summed E-state index contributed by atoms with van der Waals surface area (Å²) in [6.07, 6.45) is 0. The van der Waals surface area contributed by atoms with Crippen LogP contribution in [0.4, 0.5) is 11.4 Å². The summed E-state index contributed by atoms with van der Waals surface area (Å²) in [7, 11) is 1.65. The number of rotatable bonds is 5. The van der Waals surface area contributed by atoms with E-state index in [4.69, 9.17) is 9.47 Å². The highest BCUT2D eigenvalue weighted by Gasteiger charge is 2.49. The normalized spacial score (nSPS) is 17.5. The number of benzene rings is 3. The van der Waals surface area contributed by atoms with Crippen LogP contribution in [0.3, 0.4) is 0 Å². The lowest BCUT2D eigenvalue weighted by molar-refractivity contribution is -0.144. The van der Waals surface area contributed by atoms with Gasteiger partial charge in [0.1, 0.15) is 18.1 Å². The van der Waals surface area contributed by atoms with Crippen LogP contribution in [0.25, 0.3) is 0 Å². The van der Waals surface area contributed by atoms with Gasteiger partial charge in [-0.2, -0.15) is 0 Å². The Bertz CT molecular complexity index is 1130. The van der Waals surface area contributed by atoms with E-state index in [0.29, 0.717) is 23.7 Å². The molecule has 4 rings (SSSR count). The van der Waals surface area contributed by atoms with E-state index in [-0.39, 0.29) is 0 Å². The van der Waals surface area contributed by atoms with E-state index in [0.717, 1.165) is 16.9 Å². The zero-order chi connectivity index (χ0) is 22.0. The number of anilines is 2. The van der Waals surface area contributed by atoms with Gasteiger partial charge in [0.25, 0.3) is 17.4 Å². The molecule has 1 atom stereocenters. The van der Waals surface area contributed by atoms with Gasteiger partial charge in [0.2, 0.25) is 0 Å². The molecule has 0 aromatic heterocycles. The molecule has 0 spiro atoms. The average molecular weight is 416 g/mol. The first-order chi connectivity index (χ1) is 14.9. The third-order valence-corrected chi connectivity index (χ3v) is 5.27. The fraction of sp³-hybridized carbons (Fsp3) is 0.200. The lowest BCUT2D eigenvalue weighted by atomic mass is 9.99. The van der Waals surface area contributed by atoms with Crippen LogP contribution in [0.1, 0.15) is 18.1 Å². The molecule has 6 nitrogen and oxygen atoms in total. The Hall–Kier alpha value is -3.80. The van der Waals surface area contributed by atoms with Gasteiger partial charge in [-0.3, -0.25) is 9.59 Å². The Morgan fingerprint density at radius 1 is 1.06 bits per heavy atom. The van der Waals surface area contributed by atoms with Gasteiger partial charge < -0.3 is 19.7 Å². The van der Waals surface area contributed by atoms with Crippen molar-refractivity contribution in [2.75, 3.05) is 17.3 Å². The minimum Gasteiger partial charge on any atom is -0.489 e. The van der Waals surface area contributed by atoms with Crippen LogP contribution < -0.4 is 19.7 Å². The fourth-order valence-corrected chi connectivity index (χ4v) is 3.48. The molecule has 3 aromatic carbocycles. The van der Waals surface area contributed by atoms with Gasteiger partial charge in [0.05, 0.1) is 5.69 Å². The number of aryl methyl sites for hydroxylation is 1. The number of hydrogen-bond acceptors (Lipinski definition) is 4. The SMILES string of the molecule is Cc1ccc2c(c1)N(C)C(=O)C(C)(C(=O)Nc1cccc(COc3ccccc3)c1)O2. The molecule has 0 saturated carbocycles.